The van der Waals surface area contributed by atoms with E-state index in [0.29, 0.717) is 16.4 Å². The van der Waals surface area contributed by atoms with Crippen molar-refractivity contribution in [3.8, 4) is 0 Å². The Morgan fingerprint density at radius 2 is 1.59 bits per heavy atom. The van der Waals surface area contributed by atoms with Crippen LogP contribution >= 0.6 is 11.6 Å². The number of nitrogens with zero attached hydrogens (tertiary/aromatic N) is 3. The number of sulfone groups is 1. The molecule has 0 aromatic heterocycles. The lowest BCUT2D eigenvalue weighted by Crippen LogP contribution is -2.55. The lowest BCUT2D eigenvalue weighted by Gasteiger charge is -2.38. The van der Waals surface area contributed by atoms with Crippen LogP contribution in [0.3, 0.4) is 0 Å². The van der Waals surface area contributed by atoms with E-state index in [1.54, 1.807) is 48.3 Å². The van der Waals surface area contributed by atoms with Gasteiger partial charge in [0.15, 0.2) is 9.84 Å². The molecule has 0 bridgehead atoms. The van der Waals surface area contributed by atoms with Gasteiger partial charge in [-0.1, -0.05) is 29.8 Å². The highest BCUT2D eigenvalue weighted by atomic mass is 35.5. The van der Waals surface area contributed by atoms with Gasteiger partial charge in [-0.2, -0.15) is 0 Å². The number of hydrogen-bond acceptors (Lipinski definition) is 6. The number of anilines is 2. The van der Waals surface area contributed by atoms with Gasteiger partial charge in [0.05, 0.1) is 4.90 Å². The highest BCUT2D eigenvalue weighted by Crippen LogP contribution is 2.37. The Bertz CT molecular complexity index is 1250. The van der Waals surface area contributed by atoms with Crippen LogP contribution in [0.2, 0.25) is 5.02 Å². The van der Waals surface area contributed by atoms with Gasteiger partial charge in [0.2, 0.25) is 0 Å². The first-order chi connectivity index (χ1) is 15.1. The lowest BCUT2D eigenvalue weighted by molar-refractivity contribution is 0.0397. The van der Waals surface area contributed by atoms with Crippen LogP contribution in [0.1, 0.15) is 12.5 Å². The molecular formula is C24H24ClN3O3S. The highest BCUT2D eigenvalue weighted by Gasteiger charge is 2.49. The molecule has 1 aliphatic heterocycles. The van der Waals surface area contributed by atoms with Crippen LogP contribution in [0.5, 0.6) is 0 Å². The third-order valence-electron chi connectivity index (χ3n) is 5.73. The van der Waals surface area contributed by atoms with Crippen molar-refractivity contribution in [3.05, 3.63) is 89.4 Å². The Balaban J connectivity index is 1.83. The van der Waals surface area contributed by atoms with Gasteiger partial charge in [0.25, 0.3) is 5.85 Å². The number of benzene rings is 3. The smallest absolute Gasteiger partial charge is 0.259 e. The zero-order valence-electron chi connectivity index (χ0n) is 18.0. The van der Waals surface area contributed by atoms with Gasteiger partial charge in [0.1, 0.15) is 11.9 Å². The first-order valence-electron chi connectivity index (χ1n) is 10.1. The van der Waals surface area contributed by atoms with Crippen molar-refractivity contribution in [2.45, 2.75) is 23.7 Å². The summed E-state index contributed by atoms with van der Waals surface area (Å²) in [7, 11) is -1.53. The van der Waals surface area contributed by atoms with Crippen molar-refractivity contribution in [3.63, 3.8) is 0 Å². The summed E-state index contributed by atoms with van der Waals surface area (Å²) in [6.07, 6.45) is 1.17. The molecular weight excluding hydrogens is 446 g/mol. The SMILES string of the molecule is CC1N(c2ccc(Cl)cc2)C(c2ccc(S(C)(=O)=O)cc2)=NC1(O)N(C)c1ccccc1. The maximum atomic E-state index is 11.9. The molecule has 2 atom stereocenters. The number of rotatable bonds is 5. The number of hydrogen-bond donors (Lipinski definition) is 1. The molecule has 0 aliphatic carbocycles. The summed E-state index contributed by atoms with van der Waals surface area (Å²) in [6, 6.07) is 22.9. The van der Waals surface area contributed by atoms with E-state index in [-0.39, 0.29) is 4.90 Å². The fourth-order valence-electron chi connectivity index (χ4n) is 3.86. The number of likely N-dealkylation sites (N-methyl/N-ethyl adjacent to an activating group) is 1. The van der Waals surface area contributed by atoms with Crippen molar-refractivity contribution in [2.75, 3.05) is 23.1 Å². The Morgan fingerprint density at radius 3 is 2.16 bits per heavy atom. The molecule has 0 saturated heterocycles. The van der Waals surface area contributed by atoms with Gasteiger partial charge < -0.3 is 14.9 Å². The molecule has 0 radical (unpaired) electrons. The topological polar surface area (TPSA) is 73.2 Å². The standard InChI is InChI=1S/C24H24ClN3O3S/c1-17-24(29,27(2)20-7-5-4-6-8-20)26-23(28(17)21-13-11-19(25)12-14-21)18-9-15-22(16-10-18)32(3,30)31/h4-17,29H,1-3H3. The van der Waals surface area contributed by atoms with E-state index in [9.17, 15) is 13.5 Å². The van der Waals surface area contributed by atoms with E-state index >= 15 is 0 Å². The molecule has 4 rings (SSSR count). The van der Waals surface area contributed by atoms with Crippen LogP contribution in [-0.4, -0.2) is 44.6 Å². The van der Waals surface area contributed by atoms with E-state index in [1.807, 2.05) is 54.3 Å². The molecule has 0 spiro atoms. The Morgan fingerprint density at radius 1 is 1.00 bits per heavy atom. The van der Waals surface area contributed by atoms with Gasteiger partial charge in [0, 0.05) is 35.3 Å². The van der Waals surface area contributed by atoms with Crippen LogP contribution < -0.4 is 9.80 Å². The Labute approximate surface area is 193 Å². The molecule has 8 heteroatoms. The highest BCUT2D eigenvalue weighted by molar-refractivity contribution is 7.90. The molecule has 3 aromatic carbocycles. The predicted octanol–water partition coefficient (Wildman–Crippen LogP) is 4.18. The third kappa shape index (κ3) is 3.99. The largest absolute Gasteiger partial charge is 0.351 e. The minimum absolute atomic E-state index is 0.225. The van der Waals surface area contributed by atoms with Crippen LogP contribution in [0.4, 0.5) is 11.4 Å². The lowest BCUT2D eigenvalue weighted by atomic mass is 10.1. The van der Waals surface area contributed by atoms with Gasteiger partial charge in [-0.3, -0.25) is 0 Å². The molecule has 0 fully saturated rings. The number of aliphatic imine (C=N–C) groups is 1. The van der Waals surface area contributed by atoms with Crippen LogP contribution in [-0.2, 0) is 9.84 Å². The summed E-state index contributed by atoms with van der Waals surface area (Å²) in [5.74, 6) is -1.03. The fourth-order valence-corrected chi connectivity index (χ4v) is 4.62. The molecule has 166 valence electrons. The maximum absolute atomic E-state index is 11.9. The van der Waals surface area contributed by atoms with Crippen molar-refractivity contribution >= 4 is 38.6 Å². The summed E-state index contributed by atoms with van der Waals surface area (Å²) >= 11 is 6.09. The van der Waals surface area contributed by atoms with Crippen molar-refractivity contribution in [1.29, 1.82) is 0 Å². The van der Waals surface area contributed by atoms with Gasteiger partial charge in [-0.05, 0) is 67.6 Å². The number of halogens is 1. The third-order valence-corrected chi connectivity index (χ3v) is 7.11. The second-order valence-electron chi connectivity index (χ2n) is 7.84. The summed E-state index contributed by atoms with van der Waals surface area (Å²) in [5, 5.41) is 12.4. The van der Waals surface area contributed by atoms with Crippen LogP contribution in [0.15, 0.2) is 88.8 Å². The van der Waals surface area contributed by atoms with E-state index in [0.717, 1.165) is 11.4 Å². The molecule has 32 heavy (non-hydrogen) atoms. The summed E-state index contributed by atoms with van der Waals surface area (Å²) in [5.41, 5.74) is 2.32. The number of aliphatic hydroxyl groups is 1. The monoisotopic (exact) mass is 469 g/mol. The first-order valence-corrected chi connectivity index (χ1v) is 12.3. The van der Waals surface area contributed by atoms with Gasteiger partial charge in [-0.25, -0.2) is 13.4 Å². The average Bonchev–Trinajstić information content (AvgIpc) is 3.06. The van der Waals surface area contributed by atoms with Crippen LogP contribution in [0, 0.1) is 0 Å². The maximum Gasteiger partial charge on any atom is 0.259 e. The minimum atomic E-state index is -3.32. The number of amidine groups is 1. The molecule has 0 saturated carbocycles. The molecule has 1 aliphatic rings. The zero-order valence-corrected chi connectivity index (χ0v) is 19.5. The molecule has 6 nitrogen and oxygen atoms in total. The molecule has 1 N–H and O–H groups in total. The average molecular weight is 470 g/mol. The summed E-state index contributed by atoms with van der Waals surface area (Å²) in [4.78, 5) is 8.66. The van der Waals surface area contributed by atoms with E-state index in [4.69, 9.17) is 16.6 Å². The van der Waals surface area contributed by atoms with Crippen molar-refractivity contribution in [1.82, 2.24) is 0 Å². The van der Waals surface area contributed by atoms with Crippen LogP contribution in [0.25, 0.3) is 0 Å². The summed E-state index contributed by atoms with van der Waals surface area (Å²) < 4.78 is 23.8. The van der Waals surface area contributed by atoms with Crippen molar-refractivity contribution < 1.29 is 13.5 Å². The number of para-hydroxylation sites is 1. The normalized spacial score (nSPS) is 20.8. The van der Waals surface area contributed by atoms with E-state index in [1.165, 1.54) is 6.26 Å². The Hall–Kier alpha value is -2.87. The molecule has 3 aromatic rings. The predicted molar refractivity (Wildman–Crippen MR) is 129 cm³/mol. The van der Waals surface area contributed by atoms with Gasteiger partial charge >= 0.3 is 0 Å². The van der Waals surface area contributed by atoms with E-state index < -0.39 is 21.7 Å². The molecule has 2 unspecified atom stereocenters. The fraction of sp³-hybridized carbons (Fsp3) is 0.208. The minimum Gasteiger partial charge on any atom is -0.351 e. The molecule has 1 heterocycles. The zero-order chi connectivity index (χ0) is 23.1. The quantitative estimate of drug-likeness (QED) is 0.567. The van der Waals surface area contributed by atoms with Crippen molar-refractivity contribution in [2.24, 2.45) is 4.99 Å². The Kier molecular flexibility index (Phi) is 5.75. The second-order valence-corrected chi connectivity index (χ2v) is 10.3. The van der Waals surface area contributed by atoms with Gasteiger partial charge in [-0.15, -0.1) is 0 Å². The summed E-state index contributed by atoms with van der Waals surface area (Å²) in [6.45, 7) is 1.90. The first kappa shape index (κ1) is 22.3. The second kappa shape index (κ2) is 8.24. The van der Waals surface area contributed by atoms with E-state index in [2.05, 4.69) is 0 Å². The molecule has 0 amide bonds.